The monoisotopic (exact) mass is 578 g/mol. The Morgan fingerprint density at radius 2 is 1.62 bits per heavy atom. The lowest BCUT2D eigenvalue weighted by atomic mass is 9.61. The molecule has 2 aromatic carbocycles. The molecule has 0 saturated heterocycles. The van der Waals surface area contributed by atoms with Gasteiger partial charge < -0.3 is 16.0 Å². The summed E-state index contributed by atoms with van der Waals surface area (Å²) < 4.78 is 67.3. The van der Waals surface area contributed by atoms with Crippen LogP contribution in [0.5, 0.6) is 0 Å². The first kappa shape index (κ1) is 26.9. The second-order valence-electron chi connectivity index (χ2n) is 9.61. The topological polar surface area (TPSA) is 117 Å². The molecule has 3 aliphatic rings. The Bertz CT molecular complexity index is 1520. The molecule has 13 heteroatoms. The van der Waals surface area contributed by atoms with E-state index < -0.39 is 44.5 Å². The number of hydrogen-bond acceptors (Lipinski definition) is 5. The van der Waals surface area contributed by atoms with Gasteiger partial charge in [-0.05, 0) is 61.4 Å². The van der Waals surface area contributed by atoms with Gasteiger partial charge in [0.1, 0.15) is 0 Å². The molecule has 2 unspecified atom stereocenters. The van der Waals surface area contributed by atoms with Gasteiger partial charge in [0.2, 0.25) is 0 Å². The molecular weight excluding hydrogens is 557 g/mol. The van der Waals surface area contributed by atoms with Gasteiger partial charge in [0, 0.05) is 35.6 Å². The van der Waals surface area contributed by atoms with Crippen molar-refractivity contribution in [2.75, 3.05) is 10.6 Å². The van der Waals surface area contributed by atoms with Crippen molar-refractivity contribution in [3.05, 3.63) is 82.9 Å². The number of sulfone groups is 1. The van der Waals surface area contributed by atoms with E-state index in [1.165, 1.54) is 18.3 Å². The van der Waals surface area contributed by atoms with Crippen LogP contribution in [0.2, 0.25) is 5.02 Å². The van der Waals surface area contributed by atoms with E-state index in [0.29, 0.717) is 30.7 Å². The van der Waals surface area contributed by atoms with Crippen LogP contribution >= 0.6 is 11.6 Å². The summed E-state index contributed by atoms with van der Waals surface area (Å²) >= 11 is 6.22. The summed E-state index contributed by atoms with van der Waals surface area (Å²) in [6, 6.07) is 7.68. The minimum atomic E-state index is -3.96. The van der Waals surface area contributed by atoms with E-state index in [0.717, 1.165) is 12.5 Å². The first-order valence-corrected chi connectivity index (χ1v) is 13.9. The number of benzene rings is 2. The number of hydrogen-bond donors (Lipinski definition) is 3. The molecule has 39 heavy (non-hydrogen) atoms. The molecule has 8 nitrogen and oxygen atoms in total. The zero-order chi connectivity index (χ0) is 27.9. The van der Waals surface area contributed by atoms with Gasteiger partial charge in [-0.1, -0.05) is 11.6 Å². The van der Waals surface area contributed by atoms with Crippen molar-refractivity contribution in [2.45, 2.75) is 35.4 Å². The second kappa shape index (κ2) is 10.5. The molecule has 3 aromatic rings. The van der Waals surface area contributed by atoms with Crippen LogP contribution in [-0.4, -0.2) is 36.6 Å². The minimum Gasteiger partial charge on any atom is -0.335 e. The molecule has 0 spiro atoms. The van der Waals surface area contributed by atoms with Gasteiger partial charge >= 0.3 is 6.03 Å². The van der Waals surface area contributed by atoms with E-state index in [1.807, 2.05) is 0 Å². The molecule has 3 N–H and O–H groups in total. The van der Waals surface area contributed by atoms with Crippen molar-refractivity contribution >= 4 is 44.8 Å². The third kappa shape index (κ3) is 5.44. The van der Waals surface area contributed by atoms with Crippen molar-refractivity contribution in [1.29, 1.82) is 0 Å². The number of carbonyl (C=O) groups excluding carboxylic acids is 2. The van der Waals surface area contributed by atoms with Crippen molar-refractivity contribution < 1.29 is 31.2 Å². The van der Waals surface area contributed by atoms with Crippen LogP contribution in [0, 0.1) is 29.3 Å². The number of nitrogens with zero attached hydrogens (tertiary/aromatic N) is 1. The average Bonchev–Trinajstić information content (AvgIpc) is 2.91. The third-order valence-electron chi connectivity index (χ3n) is 7.15. The first-order valence-electron chi connectivity index (χ1n) is 12.0. The number of carbonyl (C=O) groups is 2. The SMILES string of the molecule is O=C(Nc1cccnc1)N[C@H]1C2CC1C[C@@H](S(=O)(=O)c1cc(C(=O)Nc3cc(F)c(F)c(F)c3)ccc1Cl)C2. The van der Waals surface area contributed by atoms with Crippen molar-refractivity contribution in [2.24, 2.45) is 11.8 Å². The number of nitrogens with one attached hydrogen (secondary N) is 3. The summed E-state index contributed by atoms with van der Waals surface area (Å²) in [6.45, 7) is 0. The van der Waals surface area contributed by atoms with E-state index in [2.05, 4.69) is 20.9 Å². The normalized spacial score (nSPS) is 21.9. The predicted octanol–water partition coefficient (Wildman–Crippen LogP) is 5.17. The summed E-state index contributed by atoms with van der Waals surface area (Å²) in [4.78, 5) is 28.8. The van der Waals surface area contributed by atoms with Crippen molar-refractivity contribution in [1.82, 2.24) is 10.3 Å². The summed E-state index contributed by atoms with van der Waals surface area (Å²) in [7, 11) is -3.96. The summed E-state index contributed by atoms with van der Waals surface area (Å²) in [5, 5.41) is 7.01. The van der Waals surface area contributed by atoms with Gasteiger partial charge in [-0.25, -0.2) is 26.4 Å². The molecule has 0 radical (unpaired) electrons. The molecule has 1 heterocycles. The maximum Gasteiger partial charge on any atom is 0.319 e. The van der Waals surface area contributed by atoms with Crippen LogP contribution < -0.4 is 16.0 Å². The van der Waals surface area contributed by atoms with E-state index in [4.69, 9.17) is 11.6 Å². The fraction of sp³-hybridized carbons (Fsp3) is 0.269. The van der Waals surface area contributed by atoms with Gasteiger partial charge in [-0.3, -0.25) is 9.78 Å². The quantitative estimate of drug-likeness (QED) is 0.349. The number of rotatable bonds is 6. The maximum atomic E-state index is 13.5. The van der Waals surface area contributed by atoms with Crippen LogP contribution in [-0.2, 0) is 9.84 Å². The second-order valence-corrected chi connectivity index (χ2v) is 12.2. The number of halogens is 4. The zero-order valence-electron chi connectivity index (χ0n) is 20.1. The molecule has 2 bridgehead atoms. The predicted molar refractivity (Wildman–Crippen MR) is 138 cm³/mol. The lowest BCUT2D eigenvalue weighted by Crippen LogP contribution is -2.60. The molecule has 3 fully saturated rings. The van der Waals surface area contributed by atoms with Crippen molar-refractivity contribution in [3.8, 4) is 0 Å². The Balaban J connectivity index is 1.27. The highest BCUT2D eigenvalue weighted by Crippen LogP contribution is 2.49. The number of pyridine rings is 1. The van der Waals surface area contributed by atoms with Gasteiger partial charge in [0.15, 0.2) is 27.3 Å². The Hall–Kier alpha value is -3.64. The molecule has 6 rings (SSSR count). The lowest BCUT2D eigenvalue weighted by molar-refractivity contribution is 0.0601. The number of urea groups is 1. The third-order valence-corrected chi connectivity index (χ3v) is 9.81. The molecule has 3 aliphatic carbocycles. The molecule has 2 atom stereocenters. The Morgan fingerprint density at radius 1 is 0.923 bits per heavy atom. The number of amides is 3. The minimum absolute atomic E-state index is 0.0447. The fourth-order valence-electron chi connectivity index (χ4n) is 5.25. The highest BCUT2D eigenvalue weighted by Gasteiger charge is 2.51. The van der Waals surface area contributed by atoms with E-state index in [1.54, 1.807) is 18.3 Å². The van der Waals surface area contributed by atoms with Crippen LogP contribution in [0.3, 0.4) is 0 Å². The van der Waals surface area contributed by atoms with Crippen LogP contribution in [0.1, 0.15) is 29.6 Å². The molecular formula is C26H22ClF3N4O4S. The summed E-state index contributed by atoms with van der Waals surface area (Å²) in [6.07, 6.45) is 4.49. The van der Waals surface area contributed by atoms with Crippen molar-refractivity contribution in [3.63, 3.8) is 0 Å². The first-order chi connectivity index (χ1) is 18.5. The lowest BCUT2D eigenvalue weighted by Gasteiger charge is -2.52. The standard InChI is InChI=1S/C26H22ClF3N4O4S/c27-19-4-3-13(25(35)32-17-10-20(28)23(30)21(29)11-17)9-22(19)39(37,38)18-7-14-6-15(8-18)24(14)34-26(36)33-16-2-1-5-31-12-16/h1-5,9-12,14-15,18,24H,6-8H2,(H,32,35)(H2,33,34,36)/t14?,15?,18-,24-. The van der Waals surface area contributed by atoms with Gasteiger partial charge in [-0.2, -0.15) is 0 Å². The van der Waals surface area contributed by atoms with Crippen LogP contribution in [0.4, 0.5) is 29.3 Å². The Labute approximate surface area is 226 Å². The smallest absolute Gasteiger partial charge is 0.319 e. The van der Waals surface area contributed by atoms with Gasteiger partial charge in [0.05, 0.1) is 27.1 Å². The number of fused-ring (bicyclic) bond motifs is 2. The van der Waals surface area contributed by atoms with E-state index >= 15 is 0 Å². The molecule has 204 valence electrons. The highest BCUT2D eigenvalue weighted by atomic mass is 35.5. The Kier molecular flexibility index (Phi) is 7.25. The summed E-state index contributed by atoms with van der Waals surface area (Å²) in [5.74, 6) is -5.59. The van der Waals surface area contributed by atoms with Crippen LogP contribution in [0.25, 0.3) is 0 Å². The highest BCUT2D eigenvalue weighted by molar-refractivity contribution is 7.92. The molecule has 3 amide bonds. The number of aromatic nitrogens is 1. The van der Waals surface area contributed by atoms with E-state index in [9.17, 15) is 31.2 Å². The molecule has 1 aromatic heterocycles. The Morgan fingerprint density at radius 3 is 2.26 bits per heavy atom. The average molecular weight is 579 g/mol. The molecule has 0 aliphatic heterocycles. The largest absolute Gasteiger partial charge is 0.335 e. The fourth-order valence-corrected chi connectivity index (χ4v) is 7.68. The number of anilines is 2. The summed E-state index contributed by atoms with van der Waals surface area (Å²) in [5.41, 5.74) is 0.0816. The van der Waals surface area contributed by atoms with Gasteiger partial charge in [0.25, 0.3) is 5.91 Å². The van der Waals surface area contributed by atoms with Crippen LogP contribution in [0.15, 0.2) is 59.8 Å². The maximum absolute atomic E-state index is 13.5. The molecule has 3 saturated carbocycles. The van der Waals surface area contributed by atoms with Gasteiger partial charge in [-0.15, -0.1) is 0 Å². The van der Waals surface area contributed by atoms with E-state index in [-0.39, 0.29) is 39.0 Å². The zero-order valence-corrected chi connectivity index (χ0v) is 21.7.